The molecule has 1 atom stereocenters. The second-order valence-electron chi connectivity index (χ2n) is 3.40. The molecule has 0 radical (unpaired) electrons. The van der Waals surface area contributed by atoms with Gasteiger partial charge < -0.3 is 10.6 Å². The van der Waals surface area contributed by atoms with Gasteiger partial charge >= 0.3 is 0 Å². The number of halogens is 1. The molecule has 1 aliphatic carbocycles. The number of amides is 1. The summed E-state index contributed by atoms with van der Waals surface area (Å²) in [5, 5.41) is 6.39. The fourth-order valence-corrected chi connectivity index (χ4v) is 0.988. The van der Waals surface area contributed by atoms with Crippen LogP contribution in [0.5, 0.6) is 0 Å². The fourth-order valence-electron chi connectivity index (χ4n) is 0.910. The topological polar surface area (TPSA) is 41.1 Å². The Hall–Kier alpha value is -0.540. The summed E-state index contributed by atoms with van der Waals surface area (Å²) in [6.45, 7) is 5.82. The minimum Gasteiger partial charge on any atom is -0.352 e. The van der Waals surface area contributed by atoms with Gasteiger partial charge in [0.2, 0.25) is 5.91 Å². The number of hydrogen-bond acceptors (Lipinski definition) is 2. The van der Waals surface area contributed by atoms with Crippen LogP contribution in [0.15, 0.2) is 11.6 Å². The van der Waals surface area contributed by atoms with Gasteiger partial charge in [0.05, 0.1) is 6.04 Å². The Bertz CT molecular complexity index is 214. The van der Waals surface area contributed by atoms with E-state index >= 15 is 0 Å². The molecule has 1 aliphatic rings. The molecular weight excluding hydrogens is 188 g/mol. The van der Waals surface area contributed by atoms with Crippen LogP contribution in [0.2, 0.25) is 0 Å². The van der Waals surface area contributed by atoms with E-state index in [-0.39, 0.29) is 11.9 Å². The lowest BCUT2D eigenvalue weighted by molar-refractivity contribution is -0.122. The monoisotopic (exact) mass is 202 g/mol. The van der Waals surface area contributed by atoms with E-state index in [2.05, 4.69) is 17.2 Å². The summed E-state index contributed by atoms with van der Waals surface area (Å²) in [6, 6.07) is 0.215. The number of hydrogen-bond donors (Lipinski definition) is 2. The van der Waals surface area contributed by atoms with Gasteiger partial charge in [0.15, 0.2) is 0 Å². The SMILES string of the molecule is C=C(Cl)CNC(C)C(=O)NC1CC1. The maximum atomic E-state index is 11.4. The van der Waals surface area contributed by atoms with Gasteiger partial charge in [-0.15, -0.1) is 0 Å². The van der Waals surface area contributed by atoms with E-state index in [4.69, 9.17) is 11.6 Å². The highest BCUT2D eigenvalue weighted by atomic mass is 35.5. The number of rotatable bonds is 5. The molecule has 0 spiro atoms. The quantitative estimate of drug-likeness (QED) is 0.699. The Morgan fingerprint density at radius 3 is 2.77 bits per heavy atom. The highest BCUT2D eigenvalue weighted by molar-refractivity contribution is 6.29. The second-order valence-corrected chi connectivity index (χ2v) is 3.94. The first kappa shape index (κ1) is 10.5. The maximum Gasteiger partial charge on any atom is 0.237 e. The molecule has 0 heterocycles. The molecule has 74 valence electrons. The summed E-state index contributed by atoms with van der Waals surface area (Å²) in [5.41, 5.74) is 0. The van der Waals surface area contributed by atoms with Crippen LogP contribution in [0.1, 0.15) is 19.8 Å². The molecule has 1 unspecified atom stereocenters. The van der Waals surface area contributed by atoms with E-state index in [1.165, 1.54) is 0 Å². The molecule has 0 bridgehead atoms. The van der Waals surface area contributed by atoms with Crippen LogP contribution < -0.4 is 10.6 Å². The van der Waals surface area contributed by atoms with Crippen LogP contribution in [-0.4, -0.2) is 24.5 Å². The molecule has 1 saturated carbocycles. The highest BCUT2D eigenvalue weighted by Gasteiger charge is 2.25. The summed E-state index contributed by atoms with van der Waals surface area (Å²) in [5.74, 6) is 0.0421. The molecule has 13 heavy (non-hydrogen) atoms. The highest BCUT2D eigenvalue weighted by Crippen LogP contribution is 2.18. The lowest BCUT2D eigenvalue weighted by Crippen LogP contribution is -2.43. The van der Waals surface area contributed by atoms with Crippen LogP contribution in [0.4, 0.5) is 0 Å². The van der Waals surface area contributed by atoms with Crippen LogP contribution in [0, 0.1) is 0 Å². The Labute approximate surface area is 83.5 Å². The van der Waals surface area contributed by atoms with Crippen molar-refractivity contribution in [2.24, 2.45) is 0 Å². The average molecular weight is 203 g/mol. The van der Waals surface area contributed by atoms with E-state index < -0.39 is 0 Å². The van der Waals surface area contributed by atoms with Crippen molar-refractivity contribution >= 4 is 17.5 Å². The van der Waals surface area contributed by atoms with Crippen molar-refractivity contribution in [2.75, 3.05) is 6.54 Å². The van der Waals surface area contributed by atoms with Crippen molar-refractivity contribution in [3.05, 3.63) is 11.6 Å². The minimum absolute atomic E-state index is 0.0421. The van der Waals surface area contributed by atoms with Gasteiger partial charge in [0.1, 0.15) is 0 Å². The van der Waals surface area contributed by atoms with E-state index in [0.717, 1.165) is 12.8 Å². The molecular formula is C9H15ClN2O. The largest absolute Gasteiger partial charge is 0.352 e. The van der Waals surface area contributed by atoms with E-state index in [1.807, 2.05) is 6.92 Å². The summed E-state index contributed by atoms with van der Waals surface area (Å²) >= 11 is 5.56. The summed E-state index contributed by atoms with van der Waals surface area (Å²) < 4.78 is 0. The van der Waals surface area contributed by atoms with Crippen molar-refractivity contribution < 1.29 is 4.79 Å². The normalized spacial score (nSPS) is 18.0. The average Bonchev–Trinajstić information content (AvgIpc) is 2.83. The molecule has 1 rings (SSSR count). The van der Waals surface area contributed by atoms with E-state index in [1.54, 1.807) is 0 Å². The number of nitrogens with one attached hydrogen (secondary N) is 2. The van der Waals surface area contributed by atoms with E-state index in [0.29, 0.717) is 17.6 Å². The maximum absolute atomic E-state index is 11.4. The predicted molar refractivity (Wildman–Crippen MR) is 53.6 cm³/mol. The third-order valence-electron chi connectivity index (χ3n) is 1.92. The third-order valence-corrected chi connectivity index (χ3v) is 2.05. The molecule has 3 nitrogen and oxygen atoms in total. The molecule has 0 saturated heterocycles. The first-order valence-corrected chi connectivity index (χ1v) is 4.84. The van der Waals surface area contributed by atoms with Crippen molar-refractivity contribution in [2.45, 2.75) is 31.8 Å². The Morgan fingerprint density at radius 2 is 2.31 bits per heavy atom. The van der Waals surface area contributed by atoms with Gasteiger partial charge in [-0.3, -0.25) is 4.79 Å². The number of carbonyl (C=O) groups is 1. The summed E-state index contributed by atoms with van der Waals surface area (Å²) in [6.07, 6.45) is 2.22. The summed E-state index contributed by atoms with van der Waals surface area (Å²) in [4.78, 5) is 11.4. The molecule has 1 fully saturated rings. The van der Waals surface area contributed by atoms with Gasteiger partial charge in [-0.2, -0.15) is 0 Å². The lowest BCUT2D eigenvalue weighted by Gasteiger charge is -2.12. The zero-order valence-electron chi connectivity index (χ0n) is 7.77. The van der Waals surface area contributed by atoms with Gasteiger partial charge in [-0.1, -0.05) is 18.2 Å². The zero-order valence-corrected chi connectivity index (χ0v) is 8.53. The second kappa shape index (κ2) is 4.63. The molecule has 0 aliphatic heterocycles. The van der Waals surface area contributed by atoms with Crippen molar-refractivity contribution in [1.29, 1.82) is 0 Å². The Balaban J connectivity index is 2.16. The van der Waals surface area contributed by atoms with Crippen LogP contribution >= 0.6 is 11.6 Å². The van der Waals surface area contributed by atoms with Crippen LogP contribution in [0.3, 0.4) is 0 Å². The molecule has 0 aromatic heterocycles. The third kappa shape index (κ3) is 4.29. The number of carbonyl (C=O) groups excluding carboxylic acids is 1. The smallest absolute Gasteiger partial charge is 0.237 e. The Morgan fingerprint density at radius 1 is 1.69 bits per heavy atom. The molecule has 2 N–H and O–H groups in total. The van der Waals surface area contributed by atoms with Crippen LogP contribution in [-0.2, 0) is 4.79 Å². The predicted octanol–water partition coefficient (Wildman–Crippen LogP) is 0.996. The van der Waals surface area contributed by atoms with Gasteiger partial charge in [-0.05, 0) is 19.8 Å². The van der Waals surface area contributed by atoms with Crippen molar-refractivity contribution in [3.63, 3.8) is 0 Å². The first-order chi connectivity index (χ1) is 6.09. The van der Waals surface area contributed by atoms with Gasteiger partial charge in [-0.25, -0.2) is 0 Å². The lowest BCUT2D eigenvalue weighted by atomic mass is 10.3. The zero-order chi connectivity index (χ0) is 9.84. The summed E-state index contributed by atoms with van der Waals surface area (Å²) in [7, 11) is 0. The molecule has 4 heteroatoms. The Kier molecular flexibility index (Phi) is 3.75. The van der Waals surface area contributed by atoms with Crippen molar-refractivity contribution in [1.82, 2.24) is 10.6 Å². The van der Waals surface area contributed by atoms with Gasteiger partial charge in [0, 0.05) is 17.6 Å². The first-order valence-electron chi connectivity index (χ1n) is 4.46. The van der Waals surface area contributed by atoms with E-state index in [9.17, 15) is 4.79 Å². The van der Waals surface area contributed by atoms with Gasteiger partial charge in [0.25, 0.3) is 0 Å². The molecule has 1 amide bonds. The molecule has 0 aromatic rings. The van der Waals surface area contributed by atoms with Crippen LogP contribution in [0.25, 0.3) is 0 Å². The minimum atomic E-state index is -0.198. The fraction of sp³-hybridized carbons (Fsp3) is 0.667. The standard InChI is InChI=1S/C9H15ClN2O/c1-6(10)5-11-7(2)9(13)12-8-3-4-8/h7-8,11H,1,3-5H2,2H3,(H,12,13). The van der Waals surface area contributed by atoms with Crippen molar-refractivity contribution in [3.8, 4) is 0 Å². The molecule has 0 aromatic carbocycles.